The highest BCUT2D eigenvalue weighted by atomic mass is 35.5. The average Bonchev–Trinajstić information content (AvgIpc) is 2.36. The minimum absolute atomic E-state index is 0.0671. The fourth-order valence-electron chi connectivity index (χ4n) is 1.39. The van der Waals surface area contributed by atoms with E-state index in [0.717, 1.165) is 0 Å². The number of hydrazine groups is 1. The van der Waals surface area contributed by atoms with Crippen LogP contribution in [0.3, 0.4) is 0 Å². The van der Waals surface area contributed by atoms with E-state index in [0.29, 0.717) is 23.6 Å². The monoisotopic (exact) mass is 304 g/mol. The Morgan fingerprint density at radius 1 is 1.63 bits per heavy atom. The van der Waals surface area contributed by atoms with E-state index >= 15 is 0 Å². The lowest BCUT2D eigenvalue weighted by Gasteiger charge is -2.13. The van der Waals surface area contributed by atoms with Gasteiger partial charge < -0.3 is 10.7 Å². The van der Waals surface area contributed by atoms with E-state index in [1.54, 1.807) is 6.26 Å². The number of nitrogens with two attached hydrogens (primary N) is 1. The number of nitrogens with one attached hydrogen (secondary N) is 2. The van der Waals surface area contributed by atoms with Crippen LogP contribution in [-0.4, -0.2) is 33.2 Å². The number of aromatic nitrogens is 1. The summed E-state index contributed by atoms with van der Waals surface area (Å²) in [5.74, 6) is 5.79. The van der Waals surface area contributed by atoms with Crippen molar-refractivity contribution in [3.05, 3.63) is 22.8 Å². The van der Waals surface area contributed by atoms with Gasteiger partial charge in [0.25, 0.3) is 5.91 Å². The van der Waals surface area contributed by atoms with Gasteiger partial charge in [0.05, 0.1) is 10.6 Å². The predicted octanol–water partition coefficient (Wildman–Crippen LogP) is 0.907. The van der Waals surface area contributed by atoms with Gasteiger partial charge in [0.2, 0.25) is 0 Å². The molecule has 4 N–H and O–H groups in total. The molecule has 0 fully saturated rings. The molecule has 0 aromatic carbocycles. The Labute approximate surface area is 119 Å². The standard InChI is InChI=1S/C11H17ClN4O2S/c1-7(3-4-19(2)18)15-11(17)8-5-9(12)10(16-13)14-6-8/h5-7H,3-4,13H2,1-2H3,(H,14,16)(H,15,17). The summed E-state index contributed by atoms with van der Waals surface area (Å²) in [6.45, 7) is 1.86. The Kier molecular flexibility index (Phi) is 6.20. The zero-order valence-electron chi connectivity index (χ0n) is 10.8. The van der Waals surface area contributed by atoms with Crippen LogP contribution in [0.25, 0.3) is 0 Å². The van der Waals surface area contributed by atoms with E-state index < -0.39 is 10.8 Å². The third-order valence-corrected chi connectivity index (χ3v) is 3.55. The number of hydrogen-bond donors (Lipinski definition) is 3. The lowest BCUT2D eigenvalue weighted by atomic mass is 10.2. The molecule has 0 saturated heterocycles. The third kappa shape index (κ3) is 5.14. The largest absolute Gasteiger partial charge is 0.350 e. The second-order valence-electron chi connectivity index (χ2n) is 4.14. The van der Waals surface area contributed by atoms with Gasteiger partial charge in [0.15, 0.2) is 5.82 Å². The van der Waals surface area contributed by atoms with Gasteiger partial charge in [0.1, 0.15) is 0 Å². The first-order valence-electron chi connectivity index (χ1n) is 5.67. The molecule has 1 aromatic rings. The molecular weight excluding hydrogens is 288 g/mol. The first-order chi connectivity index (χ1) is 8.93. The van der Waals surface area contributed by atoms with Crippen LogP contribution in [0.15, 0.2) is 12.3 Å². The summed E-state index contributed by atoms with van der Waals surface area (Å²) < 4.78 is 11.0. The summed E-state index contributed by atoms with van der Waals surface area (Å²) in [4.78, 5) is 15.8. The van der Waals surface area contributed by atoms with Crippen LogP contribution in [0.5, 0.6) is 0 Å². The van der Waals surface area contributed by atoms with Crippen molar-refractivity contribution in [2.24, 2.45) is 5.84 Å². The molecule has 6 nitrogen and oxygen atoms in total. The van der Waals surface area contributed by atoms with Crippen LogP contribution >= 0.6 is 11.6 Å². The van der Waals surface area contributed by atoms with Crippen molar-refractivity contribution in [1.29, 1.82) is 0 Å². The van der Waals surface area contributed by atoms with Crippen LogP contribution in [0, 0.1) is 0 Å². The van der Waals surface area contributed by atoms with E-state index in [1.807, 2.05) is 6.92 Å². The fraction of sp³-hybridized carbons (Fsp3) is 0.455. The van der Waals surface area contributed by atoms with E-state index in [2.05, 4.69) is 15.7 Å². The molecule has 0 saturated carbocycles. The summed E-state index contributed by atoms with van der Waals surface area (Å²) in [6.07, 6.45) is 3.68. The van der Waals surface area contributed by atoms with Crippen LogP contribution in [-0.2, 0) is 10.8 Å². The highest BCUT2D eigenvalue weighted by molar-refractivity contribution is 7.84. The number of nitrogens with zero attached hydrogens (tertiary/aromatic N) is 1. The van der Waals surface area contributed by atoms with Crippen molar-refractivity contribution in [1.82, 2.24) is 10.3 Å². The fourth-order valence-corrected chi connectivity index (χ4v) is 2.30. The molecule has 0 spiro atoms. The highest BCUT2D eigenvalue weighted by Gasteiger charge is 2.12. The summed E-state index contributed by atoms with van der Waals surface area (Å²) in [5.41, 5.74) is 2.68. The number of hydrogen-bond acceptors (Lipinski definition) is 5. The van der Waals surface area contributed by atoms with Gasteiger partial charge in [-0.25, -0.2) is 10.8 Å². The Morgan fingerprint density at radius 2 is 2.32 bits per heavy atom. The zero-order chi connectivity index (χ0) is 14.4. The summed E-state index contributed by atoms with van der Waals surface area (Å²) in [6, 6.07) is 1.42. The molecular formula is C11H17ClN4O2S. The number of amides is 1. The molecule has 2 atom stereocenters. The van der Waals surface area contributed by atoms with Crippen molar-refractivity contribution in [2.45, 2.75) is 19.4 Å². The van der Waals surface area contributed by atoms with Crippen molar-refractivity contribution in [2.75, 3.05) is 17.4 Å². The second-order valence-corrected chi connectivity index (χ2v) is 6.10. The van der Waals surface area contributed by atoms with Gasteiger partial charge in [0, 0.05) is 35.0 Å². The van der Waals surface area contributed by atoms with E-state index in [9.17, 15) is 9.00 Å². The number of carbonyl (C=O) groups is 1. The van der Waals surface area contributed by atoms with Crippen molar-refractivity contribution >= 4 is 34.1 Å². The summed E-state index contributed by atoms with van der Waals surface area (Å²) in [5, 5.41) is 3.07. The lowest BCUT2D eigenvalue weighted by Crippen LogP contribution is -2.33. The Morgan fingerprint density at radius 3 is 2.84 bits per heavy atom. The average molecular weight is 305 g/mol. The van der Waals surface area contributed by atoms with Crippen molar-refractivity contribution in [3.8, 4) is 0 Å². The molecule has 0 aliphatic carbocycles. The molecule has 8 heteroatoms. The first kappa shape index (κ1) is 15.9. The molecule has 1 heterocycles. The quantitative estimate of drug-likeness (QED) is 0.536. The predicted molar refractivity (Wildman–Crippen MR) is 77.5 cm³/mol. The zero-order valence-corrected chi connectivity index (χ0v) is 12.3. The minimum atomic E-state index is -0.860. The van der Waals surface area contributed by atoms with E-state index in [-0.39, 0.29) is 17.0 Å². The molecule has 0 aliphatic heterocycles. The smallest absolute Gasteiger partial charge is 0.253 e. The van der Waals surface area contributed by atoms with Gasteiger partial charge >= 0.3 is 0 Å². The number of pyridine rings is 1. The van der Waals surface area contributed by atoms with Crippen LogP contribution in [0.4, 0.5) is 5.82 Å². The van der Waals surface area contributed by atoms with Gasteiger partial charge in [-0.05, 0) is 19.4 Å². The SMILES string of the molecule is CC(CCS(C)=O)NC(=O)c1cnc(NN)c(Cl)c1. The number of rotatable bonds is 6. The van der Waals surface area contributed by atoms with Gasteiger partial charge in [-0.1, -0.05) is 11.6 Å². The van der Waals surface area contributed by atoms with Gasteiger partial charge in [-0.15, -0.1) is 0 Å². The Balaban J connectivity index is 2.62. The van der Waals surface area contributed by atoms with Crippen LogP contribution in [0.1, 0.15) is 23.7 Å². The number of nitrogen functional groups attached to an aromatic ring is 1. The third-order valence-electron chi connectivity index (χ3n) is 2.46. The lowest BCUT2D eigenvalue weighted by molar-refractivity contribution is 0.0939. The number of anilines is 1. The molecule has 0 radical (unpaired) electrons. The molecule has 0 bridgehead atoms. The first-order valence-corrected chi connectivity index (χ1v) is 7.77. The van der Waals surface area contributed by atoms with Crippen molar-refractivity contribution < 1.29 is 9.00 Å². The normalized spacial score (nSPS) is 13.7. The molecule has 1 amide bonds. The Hall–Kier alpha value is -1.18. The summed E-state index contributed by atoms with van der Waals surface area (Å²) >= 11 is 5.89. The van der Waals surface area contributed by atoms with Crippen molar-refractivity contribution in [3.63, 3.8) is 0 Å². The molecule has 1 rings (SSSR count). The molecule has 2 unspecified atom stereocenters. The maximum absolute atomic E-state index is 11.9. The van der Waals surface area contributed by atoms with E-state index in [4.69, 9.17) is 17.4 Å². The van der Waals surface area contributed by atoms with Gasteiger partial charge in [-0.3, -0.25) is 9.00 Å². The highest BCUT2D eigenvalue weighted by Crippen LogP contribution is 2.18. The molecule has 0 aliphatic rings. The minimum Gasteiger partial charge on any atom is -0.350 e. The summed E-state index contributed by atoms with van der Waals surface area (Å²) in [7, 11) is -0.860. The van der Waals surface area contributed by atoms with Crippen LogP contribution in [0.2, 0.25) is 5.02 Å². The van der Waals surface area contributed by atoms with Crippen LogP contribution < -0.4 is 16.6 Å². The maximum atomic E-state index is 11.9. The maximum Gasteiger partial charge on any atom is 0.253 e. The topological polar surface area (TPSA) is 97.1 Å². The van der Waals surface area contributed by atoms with E-state index in [1.165, 1.54) is 12.3 Å². The second kappa shape index (κ2) is 7.42. The number of carbonyl (C=O) groups excluding carboxylic acids is 1. The molecule has 19 heavy (non-hydrogen) atoms. The van der Waals surface area contributed by atoms with Gasteiger partial charge in [-0.2, -0.15) is 0 Å². The Bertz CT molecular complexity index is 484. The number of halogens is 1. The molecule has 106 valence electrons. The molecule has 1 aromatic heterocycles.